The van der Waals surface area contributed by atoms with Gasteiger partial charge in [0.2, 0.25) is 0 Å². The van der Waals surface area contributed by atoms with Crippen molar-refractivity contribution in [2.45, 2.75) is 38.6 Å². The molecule has 14 heavy (non-hydrogen) atoms. The molecule has 0 amide bonds. The largest absolute Gasteiger partial charge is 0.319 e. The van der Waals surface area contributed by atoms with Crippen LogP contribution in [0.1, 0.15) is 43.5 Å². The van der Waals surface area contributed by atoms with Gasteiger partial charge in [0, 0.05) is 24.7 Å². The fourth-order valence-electron chi connectivity index (χ4n) is 2.16. The summed E-state index contributed by atoms with van der Waals surface area (Å²) in [5.74, 6) is 0.634. The van der Waals surface area contributed by atoms with Crippen LogP contribution >= 0.6 is 0 Å². The molecule has 0 aliphatic heterocycles. The number of aryl methyl sites for hydroxylation is 1. The van der Waals surface area contributed by atoms with E-state index in [1.165, 1.54) is 24.1 Å². The van der Waals surface area contributed by atoms with Crippen LogP contribution in [0.15, 0.2) is 6.20 Å². The standard InChI is InChI=1S/C11H19N3/c1-8(2)14-7-10-5-4-9(6-12-3)11(10)13-14/h7-9,12H,4-6H2,1-3H3. The van der Waals surface area contributed by atoms with E-state index in [0.29, 0.717) is 12.0 Å². The zero-order valence-electron chi connectivity index (χ0n) is 9.25. The first-order valence-corrected chi connectivity index (χ1v) is 5.45. The van der Waals surface area contributed by atoms with E-state index in [1.807, 2.05) is 7.05 Å². The lowest BCUT2D eigenvalue weighted by atomic mass is 10.1. The fourth-order valence-corrected chi connectivity index (χ4v) is 2.16. The Bertz CT molecular complexity index is 314. The summed E-state index contributed by atoms with van der Waals surface area (Å²) in [6, 6.07) is 0.482. The molecule has 0 saturated carbocycles. The minimum Gasteiger partial charge on any atom is -0.319 e. The fraction of sp³-hybridized carbons (Fsp3) is 0.727. The van der Waals surface area contributed by atoms with Crippen molar-refractivity contribution in [1.82, 2.24) is 15.1 Å². The summed E-state index contributed by atoms with van der Waals surface area (Å²) in [7, 11) is 2.01. The molecule has 1 unspecified atom stereocenters. The molecule has 78 valence electrons. The van der Waals surface area contributed by atoms with Gasteiger partial charge in [-0.25, -0.2) is 0 Å². The second-order valence-electron chi connectivity index (χ2n) is 4.41. The highest BCUT2D eigenvalue weighted by atomic mass is 15.3. The molecule has 2 rings (SSSR count). The van der Waals surface area contributed by atoms with Crippen molar-refractivity contribution < 1.29 is 0 Å². The number of hydrogen-bond donors (Lipinski definition) is 1. The molecule has 1 heterocycles. The predicted molar refractivity (Wildman–Crippen MR) is 57.6 cm³/mol. The summed E-state index contributed by atoms with van der Waals surface area (Å²) in [6.45, 7) is 5.41. The minimum absolute atomic E-state index is 0.482. The average Bonchev–Trinajstić information content (AvgIpc) is 2.67. The first-order chi connectivity index (χ1) is 6.72. The summed E-state index contributed by atoms with van der Waals surface area (Å²) in [4.78, 5) is 0. The predicted octanol–water partition coefficient (Wildman–Crippen LogP) is 1.71. The highest BCUT2D eigenvalue weighted by Gasteiger charge is 2.25. The number of nitrogens with one attached hydrogen (secondary N) is 1. The van der Waals surface area contributed by atoms with E-state index in [4.69, 9.17) is 0 Å². The molecule has 0 aromatic carbocycles. The second kappa shape index (κ2) is 3.73. The lowest BCUT2D eigenvalue weighted by Crippen LogP contribution is -2.16. The first-order valence-electron chi connectivity index (χ1n) is 5.45. The van der Waals surface area contributed by atoms with Crippen molar-refractivity contribution in [3.05, 3.63) is 17.5 Å². The van der Waals surface area contributed by atoms with Crippen molar-refractivity contribution in [2.24, 2.45) is 0 Å². The number of aromatic nitrogens is 2. The van der Waals surface area contributed by atoms with Gasteiger partial charge in [0.15, 0.2) is 0 Å². The third-order valence-electron chi connectivity index (χ3n) is 2.97. The highest BCUT2D eigenvalue weighted by molar-refractivity contribution is 5.27. The van der Waals surface area contributed by atoms with Gasteiger partial charge < -0.3 is 5.32 Å². The molecule has 1 aliphatic carbocycles. The van der Waals surface area contributed by atoms with Gasteiger partial charge in [-0.1, -0.05) is 0 Å². The summed E-state index contributed by atoms with van der Waals surface area (Å²) in [6.07, 6.45) is 4.68. The van der Waals surface area contributed by atoms with Gasteiger partial charge in [-0.15, -0.1) is 0 Å². The maximum absolute atomic E-state index is 4.67. The lowest BCUT2D eigenvalue weighted by Gasteiger charge is -2.09. The van der Waals surface area contributed by atoms with E-state index in [1.54, 1.807) is 0 Å². The molecule has 1 aromatic rings. The van der Waals surface area contributed by atoms with Gasteiger partial charge in [-0.3, -0.25) is 4.68 Å². The summed E-state index contributed by atoms with van der Waals surface area (Å²) < 4.78 is 2.09. The maximum atomic E-state index is 4.67. The quantitative estimate of drug-likeness (QED) is 0.792. The van der Waals surface area contributed by atoms with Crippen LogP contribution in [0.4, 0.5) is 0 Å². The highest BCUT2D eigenvalue weighted by Crippen LogP contribution is 2.31. The topological polar surface area (TPSA) is 29.9 Å². The zero-order valence-corrected chi connectivity index (χ0v) is 9.25. The smallest absolute Gasteiger partial charge is 0.0700 e. The van der Waals surface area contributed by atoms with E-state index < -0.39 is 0 Å². The number of fused-ring (bicyclic) bond motifs is 1. The molecule has 0 bridgehead atoms. The normalized spacial score (nSPS) is 20.4. The first kappa shape index (κ1) is 9.71. The Kier molecular flexibility index (Phi) is 2.59. The number of hydrogen-bond acceptors (Lipinski definition) is 2. The van der Waals surface area contributed by atoms with E-state index in [0.717, 1.165) is 6.54 Å². The van der Waals surface area contributed by atoms with Crippen molar-refractivity contribution in [1.29, 1.82) is 0 Å². The third kappa shape index (κ3) is 1.57. The number of rotatable bonds is 3. The van der Waals surface area contributed by atoms with Gasteiger partial charge in [-0.2, -0.15) is 5.10 Å². The van der Waals surface area contributed by atoms with Crippen LogP contribution in [0.5, 0.6) is 0 Å². The van der Waals surface area contributed by atoms with E-state index >= 15 is 0 Å². The van der Waals surface area contributed by atoms with Crippen molar-refractivity contribution in [3.8, 4) is 0 Å². The molecule has 3 heteroatoms. The van der Waals surface area contributed by atoms with E-state index in [2.05, 4.69) is 35.1 Å². The van der Waals surface area contributed by atoms with E-state index in [-0.39, 0.29) is 0 Å². The van der Waals surface area contributed by atoms with Gasteiger partial charge in [0.25, 0.3) is 0 Å². The van der Waals surface area contributed by atoms with E-state index in [9.17, 15) is 0 Å². The lowest BCUT2D eigenvalue weighted by molar-refractivity contribution is 0.507. The molecule has 0 spiro atoms. The maximum Gasteiger partial charge on any atom is 0.0700 e. The molecule has 0 radical (unpaired) electrons. The second-order valence-corrected chi connectivity index (χ2v) is 4.41. The van der Waals surface area contributed by atoms with Crippen LogP contribution in [0, 0.1) is 0 Å². The Labute approximate surface area is 85.5 Å². The van der Waals surface area contributed by atoms with Crippen LogP contribution < -0.4 is 5.32 Å². The van der Waals surface area contributed by atoms with Crippen molar-refractivity contribution >= 4 is 0 Å². The zero-order chi connectivity index (χ0) is 10.1. The van der Waals surface area contributed by atoms with Gasteiger partial charge in [0.05, 0.1) is 5.69 Å². The Hall–Kier alpha value is -0.830. The van der Waals surface area contributed by atoms with Crippen molar-refractivity contribution in [3.63, 3.8) is 0 Å². The molecule has 0 fully saturated rings. The Morgan fingerprint density at radius 3 is 3.07 bits per heavy atom. The Morgan fingerprint density at radius 2 is 2.43 bits per heavy atom. The summed E-state index contributed by atoms with van der Waals surface area (Å²) in [5.41, 5.74) is 2.78. The van der Waals surface area contributed by atoms with Crippen LogP contribution in [0.25, 0.3) is 0 Å². The van der Waals surface area contributed by atoms with Crippen LogP contribution in [-0.4, -0.2) is 23.4 Å². The molecule has 1 aliphatic rings. The summed E-state index contributed by atoms with van der Waals surface area (Å²) in [5, 5.41) is 7.91. The Balaban J connectivity index is 2.21. The summed E-state index contributed by atoms with van der Waals surface area (Å²) >= 11 is 0. The molecular weight excluding hydrogens is 174 g/mol. The monoisotopic (exact) mass is 193 g/mol. The molecule has 3 nitrogen and oxygen atoms in total. The van der Waals surface area contributed by atoms with Gasteiger partial charge in [-0.05, 0) is 39.3 Å². The molecule has 1 aromatic heterocycles. The molecular formula is C11H19N3. The van der Waals surface area contributed by atoms with Gasteiger partial charge >= 0.3 is 0 Å². The average molecular weight is 193 g/mol. The number of nitrogens with zero attached hydrogens (tertiary/aromatic N) is 2. The molecule has 1 N–H and O–H groups in total. The van der Waals surface area contributed by atoms with Crippen LogP contribution in [0.3, 0.4) is 0 Å². The SMILES string of the molecule is CNCC1CCc2cn(C(C)C)nc21. The van der Waals surface area contributed by atoms with Crippen LogP contribution in [0.2, 0.25) is 0 Å². The molecule has 0 saturated heterocycles. The van der Waals surface area contributed by atoms with Crippen molar-refractivity contribution in [2.75, 3.05) is 13.6 Å². The number of likely N-dealkylation sites (N-methyl/N-ethyl adjacent to an activating group) is 1. The third-order valence-corrected chi connectivity index (χ3v) is 2.97. The van der Waals surface area contributed by atoms with Gasteiger partial charge in [0.1, 0.15) is 0 Å². The minimum atomic E-state index is 0.482. The Morgan fingerprint density at radius 1 is 1.64 bits per heavy atom. The molecule has 1 atom stereocenters. The van der Waals surface area contributed by atoms with Crippen LogP contribution in [-0.2, 0) is 6.42 Å².